The van der Waals surface area contributed by atoms with Gasteiger partial charge in [-0.15, -0.1) is 0 Å². The number of likely N-dealkylation sites (tertiary alicyclic amines) is 1. The van der Waals surface area contributed by atoms with Crippen LogP contribution in [0.2, 0.25) is 0 Å². The second kappa shape index (κ2) is 5.69. The van der Waals surface area contributed by atoms with Crippen LogP contribution in [-0.2, 0) is 9.59 Å². The molecule has 5 heteroatoms. The van der Waals surface area contributed by atoms with Crippen LogP contribution in [0.25, 0.3) is 0 Å². The van der Waals surface area contributed by atoms with Gasteiger partial charge in [0.25, 0.3) is 0 Å². The molecule has 1 unspecified atom stereocenters. The monoisotopic (exact) mass is 253 g/mol. The zero-order valence-corrected chi connectivity index (χ0v) is 11.0. The molecule has 0 aromatic heterocycles. The number of hydrogen-bond acceptors (Lipinski definition) is 3. The van der Waals surface area contributed by atoms with E-state index in [-0.39, 0.29) is 29.7 Å². The summed E-state index contributed by atoms with van der Waals surface area (Å²) < 4.78 is 0. The van der Waals surface area contributed by atoms with E-state index in [2.05, 4.69) is 5.32 Å². The Morgan fingerprint density at radius 2 is 2.06 bits per heavy atom. The number of hydrogen-bond donors (Lipinski definition) is 2. The molecule has 1 heterocycles. The summed E-state index contributed by atoms with van der Waals surface area (Å²) in [6.45, 7) is 3.74. The van der Waals surface area contributed by atoms with E-state index in [9.17, 15) is 9.59 Å². The van der Waals surface area contributed by atoms with Crippen LogP contribution in [0.5, 0.6) is 0 Å². The molecule has 1 aliphatic carbocycles. The van der Waals surface area contributed by atoms with E-state index >= 15 is 0 Å². The predicted molar refractivity (Wildman–Crippen MR) is 68.7 cm³/mol. The van der Waals surface area contributed by atoms with Gasteiger partial charge in [-0.3, -0.25) is 9.59 Å². The Morgan fingerprint density at radius 3 is 2.67 bits per heavy atom. The predicted octanol–water partition coefficient (Wildman–Crippen LogP) is 0.0984. The molecule has 2 fully saturated rings. The summed E-state index contributed by atoms with van der Waals surface area (Å²) >= 11 is 0. The Morgan fingerprint density at radius 1 is 1.33 bits per heavy atom. The summed E-state index contributed by atoms with van der Waals surface area (Å²) in [4.78, 5) is 25.9. The van der Waals surface area contributed by atoms with Crippen molar-refractivity contribution in [1.82, 2.24) is 10.2 Å². The molecular weight excluding hydrogens is 230 g/mol. The van der Waals surface area contributed by atoms with Crippen molar-refractivity contribution in [3.8, 4) is 0 Å². The van der Waals surface area contributed by atoms with E-state index in [4.69, 9.17) is 5.73 Å². The van der Waals surface area contributed by atoms with E-state index in [0.29, 0.717) is 13.1 Å². The Labute approximate surface area is 108 Å². The lowest BCUT2D eigenvalue weighted by atomic mass is 9.96. The first kappa shape index (κ1) is 13.3. The number of carbonyl (C=O) groups is 2. The first-order valence-electron chi connectivity index (χ1n) is 6.91. The van der Waals surface area contributed by atoms with Crippen LogP contribution >= 0.6 is 0 Å². The highest BCUT2D eigenvalue weighted by Gasteiger charge is 2.36. The third-order valence-electron chi connectivity index (χ3n) is 3.77. The average molecular weight is 253 g/mol. The fraction of sp³-hybridized carbons (Fsp3) is 0.846. The third kappa shape index (κ3) is 3.22. The van der Waals surface area contributed by atoms with Crippen molar-refractivity contribution in [2.45, 2.75) is 38.6 Å². The molecule has 3 N–H and O–H groups in total. The maximum atomic E-state index is 12.0. The van der Waals surface area contributed by atoms with Gasteiger partial charge in [-0.05, 0) is 32.6 Å². The molecule has 2 atom stereocenters. The third-order valence-corrected chi connectivity index (χ3v) is 3.77. The zero-order chi connectivity index (χ0) is 13.1. The minimum absolute atomic E-state index is 0.00649. The van der Waals surface area contributed by atoms with Gasteiger partial charge in [0.05, 0.1) is 5.92 Å². The van der Waals surface area contributed by atoms with Crippen LogP contribution in [0.15, 0.2) is 0 Å². The van der Waals surface area contributed by atoms with Crippen molar-refractivity contribution in [1.29, 1.82) is 0 Å². The van der Waals surface area contributed by atoms with Gasteiger partial charge in [0, 0.05) is 31.6 Å². The van der Waals surface area contributed by atoms with E-state index in [0.717, 1.165) is 32.2 Å². The van der Waals surface area contributed by atoms with Gasteiger partial charge in [0.15, 0.2) is 0 Å². The molecule has 5 nitrogen and oxygen atoms in total. The smallest absolute Gasteiger partial charge is 0.225 e. The highest BCUT2D eigenvalue weighted by atomic mass is 16.2. The molecule has 1 saturated heterocycles. The lowest BCUT2D eigenvalue weighted by Gasteiger charge is -2.32. The first-order valence-corrected chi connectivity index (χ1v) is 6.91. The number of nitrogens with zero attached hydrogens (tertiary/aromatic N) is 1. The number of carbonyl (C=O) groups excluding carboxylic acids is 2. The number of piperidine rings is 1. The minimum Gasteiger partial charge on any atom is -0.352 e. The first-order chi connectivity index (χ1) is 8.61. The van der Waals surface area contributed by atoms with Crippen LogP contribution < -0.4 is 11.1 Å². The van der Waals surface area contributed by atoms with Crippen molar-refractivity contribution < 1.29 is 9.59 Å². The molecular formula is C13H23N3O2. The molecule has 18 heavy (non-hydrogen) atoms. The summed E-state index contributed by atoms with van der Waals surface area (Å²) in [5.74, 6) is 0.478. The summed E-state index contributed by atoms with van der Waals surface area (Å²) in [6, 6.07) is 0.00649. The molecule has 1 saturated carbocycles. The minimum atomic E-state index is -0.0598. The van der Waals surface area contributed by atoms with Crippen LogP contribution in [0.4, 0.5) is 0 Å². The molecule has 0 aromatic rings. The van der Waals surface area contributed by atoms with Crippen LogP contribution in [0.1, 0.15) is 32.6 Å². The van der Waals surface area contributed by atoms with Gasteiger partial charge in [-0.25, -0.2) is 0 Å². The molecule has 2 amide bonds. The van der Waals surface area contributed by atoms with Crippen LogP contribution in [-0.4, -0.2) is 42.4 Å². The summed E-state index contributed by atoms with van der Waals surface area (Å²) in [5.41, 5.74) is 5.49. The van der Waals surface area contributed by atoms with E-state index in [1.165, 1.54) is 0 Å². The average Bonchev–Trinajstić information content (AvgIpc) is 3.22. The van der Waals surface area contributed by atoms with Crippen LogP contribution in [0.3, 0.4) is 0 Å². The van der Waals surface area contributed by atoms with E-state index in [1.54, 1.807) is 0 Å². The summed E-state index contributed by atoms with van der Waals surface area (Å²) in [7, 11) is 0. The SMILES string of the molecule is C[C@@H](CN)NC(=O)C1CCCN(C(=O)C2CC2)C1. The van der Waals surface area contributed by atoms with Crippen molar-refractivity contribution in [3.05, 3.63) is 0 Å². The van der Waals surface area contributed by atoms with Gasteiger partial charge < -0.3 is 16.0 Å². The van der Waals surface area contributed by atoms with Gasteiger partial charge in [-0.1, -0.05) is 0 Å². The molecule has 0 bridgehead atoms. The van der Waals surface area contributed by atoms with Crippen molar-refractivity contribution in [2.75, 3.05) is 19.6 Å². The van der Waals surface area contributed by atoms with Gasteiger partial charge >= 0.3 is 0 Å². The van der Waals surface area contributed by atoms with Crippen LogP contribution in [0, 0.1) is 11.8 Å². The number of nitrogens with one attached hydrogen (secondary N) is 1. The Bertz CT molecular complexity index is 328. The lowest BCUT2D eigenvalue weighted by molar-refractivity contribution is -0.136. The number of rotatable bonds is 4. The quantitative estimate of drug-likeness (QED) is 0.746. The molecule has 2 rings (SSSR count). The maximum Gasteiger partial charge on any atom is 0.225 e. The molecule has 0 aromatic carbocycles. The summed E-state index contributed by atoms with van der Waals surface area (Å²) in [5, 5.41) is 2.90. The topological polar surface area (TPSA) is 75.4 Å². The zero-order valence-electron chi connectivity index (χ0n) is 11.0. The lowest BCUT2D eigenvalue weighted by Crippen LogP contribution is -2.48. The molecule has 1 aliphatic heterocycles. The normalized spacial score (nSPS) is 25.7. The van der Waals surface area contributed by atoms with Crippen molar-refractivity contribution in [2.24, 2.45) is 17.6 Å². The van der Waals surface area contributed by atoms with E-state index in [1.807, 2.05) is 11.8 Å². The number of nitrogens with two attached hydrogens (primary N) is 1. The van der Waals surface area contributed by atoms with Gasteiger partial charge in [-0.2, -0.15) is 0 Å². The molecule has 2 aliphatic rings. The largest absolute Gasteiger partial charge is 0.352 e. The molecule has 102 valence electrons. The van der Waals surface area contributed by atoms with Gasteiger partial charge in [0.2, 0.25) is 11.8 Å². The second-order valence-corrected chi connectivity index (χ2v) is 5.54. The fourth-order valence-electron chi connectivity index (χ4n) is 2.40. The van der Waals surface area contributed by atoms with Gasteiger partial charge in [0.1, 0.15) is 0 Å². The fourth-order valence-corrected chi connectivity index (χ4v) is 2.40. The maximum absolute atomic E-state index is 12.0. The Balaban J connectivity index is 1.85. The molecule has 0 spiro atoms. The van der Waals surface area contributed by atoms with E-state index < -0.39 is 0 Å². The molecule has 0 radical (unpaired) electrons. The highest BCUT2D eigenvalue weighted by molar-refractivity contribution is 5.83. The second-order valence-electron chi connectivity index (χ2n) is 5.54. The highest BCUT2D eigenvalue weighted by Crippen LogP contribution is 2.32. The summed E-state index contributed by atoms with van der Waals surface area (Å²) in [6.07, 6.45) is 3.85. The van der Waals surface area contributed by atoms with Crippen molar-refractivity contribution >= 4 is 11.8 Å². The van der Waals surface area contributed by atoms with Crippen molar-refractivity contribution in [3.63, 3.8) is 0 Å². The Kier molecular flexibility index (Phi) is 4.22. The Hall–Kier alpha value is -1.10. The standard InChI is InChI=1S/C13H23N3O2/c1-9(7-14)15-12(17)11-3-2-6-16(8-11)13(18)10-4-5-10/h9-11H,2-8,14H2,1H3,(H,15,17)/t9-,11?/m0/s1. The number of amides is 2.